The molecule has 1 heterocycles. The van der Waals surface area contributed by atoms with E-state index in [0.717, 1.165) is 6.42 Å². The quantitative estimate of drug-likeness (QED) is 0.696. The van der Waals surface area contributed by atoms with Crippen LogP contribution in [-0.2, 0) is 14.6 Å². The lowest BCUT2D eigenvalue weighted by atomic mass is 9.86. The lowest BCUT2D eigenvalue weighted by molar-refractivity contribution is 0.0910. The largest absolute Gasteiger partial charge is 0.396 e. The molecule has 0 bridgehead atoms. The number of hydrogen-bond donors (Lipinski definition) is 1. The fraction of sp³-hybridized carbons (Fsp3) is 1.00. The van der Waals surface area contributed by atoms with Crippen molar-refractivity contribution in [1.82, 2.24) is 0 Å². The summed E-state index contributed by atoms with van der Waals surface area (Å²) in [5.74, 6) is 0.136. The molecule has 1 aliphatic rings. The van der Waals surface area contributed by atoms with Crippen molar-refractivity contribution in [1.29, 1.82) is 0 Å². The van der Waals surface area contributed by atoms with Gasteiger partial charge in [-0.25, -0.2) is 8.42 Å². The van der Waals surface area contributed by atoms with Gasteiger partial charge in [0.25, 0.3) is 0 Å². The van der Waals surface area contributed by atoms with Crippen molar-refractivity contribution in [3.8, 4) is 0 Å². The summed E-state index contributed by atoms with van der Waals surface area (Å²) in [5.41, 5.74) is -0.302. The Balaban J connectivity index is 2.50. The van der Waals surface area contributed by atoms with Crippen molar-refractivity contribution >= 4 is 9.84 Å². The highest BCUT2D eigenvalue weighted by Gasteiger charge is 2.34. The maximum Gasteiger partial charge on any atom is 0.147 e. The van der Waals surface area contributed by atoms with E-state index in [1.54, 1.807) is 0 Å². The Bertz CT molecular complexity index is 251. The minimum absolute atomic E-state index is 0.0164. The van der Waals surface area contributed by atoms with Gasteiger partial charge in [-0.2, -0.15) is 0 Å². The van der Waals surface area contributed by atoms with E-state index in [4.69, 9.17) is 9.84 Å². The van der Waals surface area contributed by atoms with E-state index >= 15 is 0 Å². The highest BCUT2D eigenvalue weighted by Crippen LogP contribution is 2.31. The molecule has 0 aromatic heterocycles. The van der Waals surface area contributed by atoms with Gasteiger partial charge in [0.1, 0.15) is 9.84 Å². The molecule has 4 nitrogen and oxygen atoms in total. The Labute approximate surface area is 78.8 Å². The third-order valence-electron chi connectivity index (χ3n) is 2.52. The molecule has 1 N–H and O–H groups in total. The molecule has 0 aromatic rings. The smallest absolute Gasteiger partial charge is 0.147 e. The van der Waals surface area contributed by atoms with Gasteiger partial charge in [0, 0.05) is 18.3 Å². The SMILES string of the molecule is CS(=O)(=O)CCC1(CO)CCOC1. The minimum Gasteiger partial charge on any atom is -0.396 e. The summed E-state index contributed by atoms with van der Waals surface area (Å²) in [6.07, 6.45) is 2.48. The summed E-state index contributed by atoms with van der Waals surface area (Å²) in [6, 6.07) is 0. The third kappa shape index (κ3) is 3.25. The lowest BCUT2D eigenvalue weighted by Gasteiger charge is -2.23. The number of aliphatic hydroxyl groups excluding tert-OH is 1. The highest BCUT2D eigenvalue weighted by atomic mass is 32.2. The summed E-state index contributed by atoms with van der Waals surface area (Å²) in [4.78, 5) is 0. The topological polar surface area (TPSA) is 63.6 Å². The molecule has 1 fully saturated rings. The average molecular weight is 208 g/mol. The molecule has 0 aromatic carbocycles. The molecule has 0 aliphatic carbocycles. The van der Waals surface area contributed by atoms with E-state index < -0.39 is 9.84 Å². The van der Waals surface area contributed by atoms with Gasteiger partial charge in [0.2, 0.25) is 0 Å². The second-order valence-corrected chi connectivity index (χ2v) is 6.10. The first-order valence-corrected chi connectivity index (χ1v) is 6.40. The van der Waals surface area contributed by atoms with Crippen LogP contribution in [0, 0.1) is 5.41 Å². The van der Waals surface area contributed by atoms with Crippen LogP contribution in [0.1, 0.15) is 12.8 Å². The second-order valence-electron chi connectivity index (χ2n) is 3.84. The first kappa shape index (κ1) is 10.9. The second kappa shape index (κ2) is 3.94. The molecule has 0 spiro atoms. The van der Waals surface area contributed by atoms with E-state index in [-0.39, 0.29) is 17.8 Å². The van der Waals surface area contributed by atoms with Gasteiger partial charge < -0.3 is 9.84 Å². The van der Waals surface area contributed by atoms with Crippen LogP contribution in [0.3, 0.4) is 0 Å². The van der Waals surface area contributed by atoms with Gasteiger partial charge in [-0.15, -0.1) is 0 Å². The Kier molecular flexibility index (Phi) is 3.32. The van der Waals surface area contributed by atoms with Crippen LogP contribution in [0.2, 0.25) is 0 Å². The Morgan fingerprint density at radius 3 is 2.62 bits per heavy atom. The van der Waals surface area contributed by atoms with Crippen LogP contribution < -0.4 is 0 Å². The number of ether oxygens (including phenoxy) is 1. The van der Waals surface area contributed by atoms with E-state index in [9.17, 15) is 8.42 Å². The zero-order valence-corrected chi connectivity index (χ0v) is 8.64. The first-order chi connectivity index (χ1) is 5.97. The van der Waals surface area contributed by atoms with Gasteiger partial charge in [-0.1, -0.05) is 0 Å². The number of rotatable bonds is 4. The summed E-state index contributed by atoms with van der Waals surface area (Å²) < 4.78 is 27.0. The minimum atomic E-state index is -2.93. The predicted octanol–water partition coefficient (Wildman–Crippen LogP) is -0.180. The zero-order valence-electron chi connectivity index (χ0n) is 7.82. The highest BCUT2D eigenvalue weighted by molar-refractivity contribution is 7.90. The summed E-state index contributed by atoms with van der Waals surface area (Å²) in [5, 5.41) is 9.14. The molecule has 0 saturated carbocycles. The van der Waals surface area contributed by atoms with Gasteiger partial charge in [-0.05, 0) is 12.8 Å². The monoisotopic (exact) mass is 208 g/mol. The normalized spacial score (nSPS) is 29.4. The average Bonchev–Trinajstić information content (AvgIpc) is 2.49. The third-order valence-corrected chi connectivity index (χ3v) is 3.47. The maximum absolute atomic E-state index is 10.9. The van der Waals surface area contributed by atoms with Gasteiger partial charge in [-0.3, -0.25) is 0 Å². The first-order valence-electron chi connectivity index (χ1n) is 4.34. The molecule has 13 heavy (non-hydrogen) atoms. The van der Waals surface area contributed by atoms with Gasteiger partial charge >= 0.3 is 0 Å². The van der Waals surface area contributed by atoms with Crippen LogP contribution in [0.4, 0.5) is 0 Å². The summed E-state index contributed by atoms with van der Waals surface area (Å²) >= 11 is 0. The molecule has 1 atom stereocenters. The van der Waals surface area contributed by atoms with Crippen molar-refractivity contribution in [2.75, 3.05) is 31.8 Å². The summed E-state index contributed by atoms with van der Waals surface area (Å²) in [7, 11) is -2.93. The molecule has 0 radical (unpaired) electrons. The van der Waals surface area contributed by atoms with Crippen LogP contribution in [0.25, 0.3) is 0 Å². The zero-order chi connectivity index (χ0) is 9.95. The fourth-order valence-corrected chi connectivity index (χ4v) is 2.26. The van der Waals surface area contributed by atoms with Crippen molar-refractivity contribution < 1.29 is 18.3 Å². The van der Waals surface area contributed by atoms with Crippen LogP contribution in [0.5, 0.6) is 0 Å². The Hall–Kier alpha value is -0.130. The molecule has 5 heteroatoms. The van der Waals surface area contributed by atoms with E-state index in [2.05, 4.69) is 0 Å². The van der Waals surface area contributed by atoms with Gasteiger partial charge in [0.15, 0.2) is 0 Å². The standard InChI is InChI=1S/C8H16O4S/c1-13(10,11)5-3-8(6-9)2-4-12-7-8/h9H,2-7H2,1H3. The van der Waals surface area contributed by atoms with Crippen molar-refractivity contribution in [3.05, 3.63) is 0 Å². The molecule has 1 saturated heterocycles. The molecule has 1 unspecified atom stereocenters. The molecule has 0 amide bonds. The van der Waals surface area contributed by atoms with Gasteiger partial charge in [0.05, 0.1) is 19.0 Å². The maximum atomic E-state index is 10.9. The number of aliphatic hydroxyl groups is 1. The van der Waals surface area contributed by atoms with E-state index in [1.165, 1.54) is 6.26 Å². The summed E-state index contributed by atoms with van der Waals surface area (Å²) in [6.45, 7) is 1.13. The van der Waals surface area contributed by atoms with Crippen LogP contribution >= 0.6 is 0 Å². The van der Waals surface area contributed by atoms with Crippen molar-refractivity contribution in [2.45, 2.75) is 12.8 Å². The van der Waals surface area contributed by atoms with Crippen LogP contribution in [0.15, 0.2) is 0 Å². The Morgan fingerprint density at radius 1 is 1.54 bits per heavy atom. The molecule has 78 valence electrons. The van der Waals surface area contributed by atoms with E-state index in [0.29, 0.717) is 19.6 Å². The lowest BCUT2D eigenvalue weighted by Crippen LogP contribution is -2.28. The molecular weight excluding hydrogens is 192 g/mol. The fourth-order valence-electron chi connectivity index (χ4n) is 1.45. The molecular formula is C8H16O4S. The molecule has 1 aliphatic heterocycles. The predicted molar refractivity (Wildman–Crippen MR) is 49.3 cm³/mol. The van der Waals surface area contributed by atoms with E-state index in [1.807, 2.05) is 0 Å². The van der Waals surface area contributed by atoms with Crippen molar-refractivity contribution in [2.24, 2.45) is 5.41 Å². The Morgan fingerprint density at radius 2 is 2.23 bits per heavy atom. The number of sulfone groups is 1. The molecule has 1 rings (SSSR count). The number of hydrogen-bond acceptors (Lipinski definition) is 4. The van der Waals surface area contributed by atoms with Crippen LogP contribution in [-0.4, -0.2) is 45.4 Å². The van der Waals surface area contributed by atoms with Crippen molar-refractivity contribution in [3.63, 3.8) is 0 Å².